The van der Waals surface area contributed by atoms with E-state index in [9.17, 15) is 4.79 Å². The summed E-state index contributed by atoms with van der Waals surface area (Å²) in [6.45, 7) is 5.09. The van der Waals surface area contributed by atoms with Gasteiger partial charge >= 0.3 is 0 Å². The van der Waals surface area contributed by atoms with Crippen molar-refractivity contribution in [3.05, 3.63) is 63.2 Å². The molecule has 0 amide bonds. The van der Waals surface area contributed by atoms with Crippen molar-refractivity contribution in [2.24, 2.45) is 7.05 Å². The van der Waals surface area contributed by atoms with Crippen LogP contribution in [-0.2, 0) is 18.3 Å². The first-order chi connectivity index (χ1) is 12.0. The number of ether oxygens (including phenoxy) is 1. The van der Waals surface area contributed by atoms with Crippen molar-refractivity contribution in [2.45, 2.75) is 26.4 Å². The van der Waals surface area contributed by atoms with E-state index in [-0.39, 0.29) is 11.5 Å². The second-order valence-corrected chi connectivity index (χ2v) is 6.43. The predicted molar refractivity (Wildman–Crippen MR) is 98.7 cm³/mol. The third kappa shape index (κ3) is 3.65. The number of nitrogens with one attached hydrogen (secondary N) is 2. The van der Waals surface area contributed by atoms with Gasteiger partial charge in [-0.05, 0) is 37.1 Å². The zero-order valence-corrected chi connectivity index (χ0v) is 15.1. The molecule has 25 heavy (non-hydrogen) atoms. The van der Waals surface area contributed by atoms with Gasteiger partial charge in [0.15, 0.2) is 5.43 Å². The number of hydrogen-bond donors (Lipinski definition) is 2. The van der Waals surface area contributed by atoms with Gasteiger partial charge in [-0.15, -0.1) is 0 Å². The Labute approximate surface area is 146 Å². The van der Waals surface area contributed by atoms with Crippen LogP contribution in [0.4, 0.5) is 0 Å². The normalized spacial score (nSPS) is 12.6. The molecule has 2 heterocycles. The maximum atomic E-state index is 12.5. The average molecular weight is 340 g/mol. The largest absolute Gasteiger partial charge is 0.383 e. The standard InChI is InChI=1S/C19H24N4O2/c1-12-7-13(2)19-15(8-12)18(24)9-14(22-19)10-20-16(11-25-4)17-5-6-21-23(17)3/h5-9,16,20H,10-11H2,1-4H3,(H,22,24). The number of methoxy groups -OCH3 is 1. The van der Waals surface area contributed by atoms with E-state index in [1.165, 1.54) is 0 Å². The lowest BCUT2D eigenvalue weighted by Crippen LogP contribution is -2.27. The summed E-state index contributed by atoms with van der Waals surface area (Å²) in [5, 5.41) is 8.40. The predicted octanol–water partition coefficient (Wildman–Crippen LogP) is 2.36. The molecular formula is C19H24N4O2. The molecule has 6 nitrogen and oxygen atoms in total. The number of pyridine rings is 1. The van der Waals surface area contributed by atoms with Crippen LogP contribution in [0.5, 0.6) is 0 Å². The molecule has 0 fully saturated rings. The molecule has 0 spiro atoms. The van der Waals surface area contributed by atoms with Gasteiger partial charge in [-0.25, -0.2) is 0 Å². The summed E-state index contributed by atoms with van der Waals surface area (Å²) in [7, 11) is 3.58. The van der Waals surface area contributed by atoms with Crippen molar-refractivity contribution in [1.82, 2.24) is 20.1 Å². The molecule has 0 aliphatic rings. The minimum atomic E-state index is -0.00388. The Hall–Kier alpha value is -2.44. The van der Waals surface area contributed by atoms with Crippen LogP contribution in [0.3, 0.4) is 0 Å². The summed E-state index contributed by atoms with van der Waals surface area (Å²) in [5.41, 5.74) is 5.01. The molecule has 2 aromatic heterocycles. The van der Waals surface area contributed by atoms with E-state index in [2.05, 4.69) is 21.5 Å². The molecule has 6 heteroatoms. The molecule has 0 saturated carbocycles. The maximum absolute atomic E-state index is 12.5. The fraction of sp³-hybridized carbons (Fsp3) is 0.368. The summed E-state index contributed by atoms with van der Waals surface area (Å²) in [6, 6.07) is 7.64. The third-order valence-corrected chi connectivity index (χ3v) is 4.42. The van der Waals surface area contributed by atoms with Crippen molar-refractivity contribution in [3.8, 4) is 0 Å². The molecule has 132 valence electrons. The average Bonchev–Trinajstić information content (AvgIpc) is 2.98. The Morgan fingerprint density at radius 2 is 2.12 bits per heavy atom. The van der Waals surface area contributed by atoms with Gasteiger partial charge < -0.3 is 15.0 Å². The minimum absolute atomic E-state index is 0.00388. The van der Waals surface area contributed by atoms with E-state index in [1.807, 2.05) is 37.7 Å². The third-order valence-electron chi connectivity index (χ3n) is 4.42. The summed E-state index contributed by atoms with van der Waals surface area (Å²) >= 11 is 0. The van der Waals surface area contributed by atoms with Crippen molar-refractivity contribution >= 4 is 10.9 Å². The van der Waals surface area contributed by atoms with E-state index in [0.717, 1.165) is 33.4 Å². The molecule has 0 aliphatic carbocycles. The summed E-state index contributed by atoms with van der Waals surface area (Å²) in [6.07, 6.45) is 1.77. The van der Waals surface area contributed by atoms with Gasteiger partial charge in [0.2, 0.25) is 0 Å². The topological polar surface area (TPSA) is 71.9 Å². The van der Waals surface area contributed by atoms with Crippen molar-refractivity contribution in [2.75, 3.05) is 13.7 Å². The second kappa shape index (κ2) is 7.21. The Morgan fingerprint density at radius 1 is 1.32 bits per heavy atom. The fourth-order valence-corrected chi connectivity index (χ4v) is 3.23. The molecule has 1 unspecified atom stereocenters. The number of aryl methyl sites for hydroxylation is 3. The summed E-state index contributed by atoms with van der Waals surface area (Å²) in [4.78, 5) is 15.9. The van der Waals surface area contributed by atoms with E-state index in [1.54, 1.807) is 19.4 Å². The Balaban J connectivity index is 1.87. The highest BCUT2D eigenvalue weighted by atomic mass is 16.5. The van der Waals surface area contributed by atoms with Gasteiger partial charge in [-0.3, -0.25) is 9.48 Å². The minimum Gasteiger partial charge on any atom is -0.383 e. The number of fused-ring (bicyclic) bond motifs is 1. The highest BCUT2D eigenvalue weighted by molar-refractivity contribution is 5.82. The zero-order valence-electron chi connectivity index (χ0n) is 15.1. The van der Waals surface area contributed by atoms with Gasteiger partial charge in [0, 0.05) is 44.0 Å². The number of aromatic amines is 1. The molecule has 1 aromatic carbocycles. The first-order valence-corrected chi connectivity index (χ1v) is 8.33. The van der Waals surface area contributed by atoms with Crippen LogP contribution in [0.2, 0.25) is 0 Å². The van der Waals surface area contributed by atoms with E-state index in [4.69, 9.17) is 4.74 Å². The first kappa shape index (κ1) is 17.4. The number of rotatable bonds is 6. The smallest absolute Gasteiger partial charge is 0.189 e. The fourth-order valence-electron chi connectivity index (χ4n) is 3.23. The lowest BCUT2D eigenvalue weighted by molar-refractivity contribution is 0.163. The summed E-state index contributed by atoms with van der Waals surface area (Å²) < 4.78 is 7.15. The molecule has 0 saturated heterocycles. The van der Waals surface area contributed by atoms with Gasteiger partial charge in [0.25, 0.3) is 0 Å². The van der Waals surface area contributed by atoms with Gasteiger partial charge in [0.1, 0.15) is 0 Å². The summed E-state index contributed by atoms with van der Waals surface area (Å²) in [5.74, 6) is 0. The van der Waals surface area contributed by atoms with Crippen LogP contribution in [0, 0.1) is 13.8 Å². The van der Waals surface area contributed by atoms with Crippen LogP contribution in [0.1, 0.15) is 28.6 Å². The number of hydrogen-bond acceptors (Lipinski definition) is 4. The Bertz CT molecular complexity index is 942. The van der Waals surface area contributed by atoms with Gasteiger partial charge in [-0.2, -0.15) is 5.10 Å². The van der Waals surface area contributed by atoms with E-state index < -0.39 is 0 Å². The SMILES string of the molecule is COCC(NCc1cc(=O)c2cc(C)cc(C)c2[nH]1)c1ccnn1C. The Kier molecular flexibility index (Phi) is 5.01. The molecule has 0 radical (unpaired) electrons. The van der Waals surface area contributed by atoms with Crippen LogP contribution in [-0.4, -0.2) is 28.5 Å². The van der Waals surface area contributed by atoms with Gasteiger partial charge in [-0.1, -0.05) is 6.07 Å². The lowest BCUT2D eigenvalue weighted by Gasteiger charge is -2.18. The highest BCUT2D eigenvalue weighted by Crippen LogP contribution is 2.17. The van der Waals surface area contributed by atoms with E-state index >= 15 is 0 Å². The van der Waals surface area contributed by atoms with Crippen molar-refractivity contribution in [3.63, 3.8) is 0 Å². The van der Waals surface area contributed by atoms with Crippen molar-refractivity contribution < 1.29 is 4.74 Å². The molecular weight excluding hydrogens is 316 g/mol. The first-order valence-electron chi connectivity index (χ1n) is 8.33. The molecule has 0 bridgehead atoms. The van der Waals surface area contributed by atoms with Crippen molar-refractivity contribution in [1.29, 1.82) is 0 Å². The molecule has 3 aromatic rings. The van der Waals surface area contributed by atoms with Crippen LogP contribution in [0.15, 0.2) is 35.3 Å². The number of H-pyrrole nitrogens is 1. The lowest BCUT2D eigenvalue weighted by atomic mass is 10.1. The number of benzene rings is 1. The second-order valence-electron chi connectivity index (χ2n) is 6.43. The Morgan fingerprint density at radius 3 is 2.80 bits per heavy atom. The molecule has 2 N–H and O–H groups in total. The zero-order chi connectivity index (χ0) is 18.0. The number of aromatic nitrogens is 3. The van der Waals surface area contributed by atoms with Crippen LogP contribution < -0.4 is 10.7 Å². The number of nitrogens with zero attached hydrogens (tertiary/aromatic N) is 2. The monoisotopic (exact) mass is 340 g/mol. The quantitative estimate of drug-likeness (QED) is 0.722. The maximum Gasteiger partial charge on any atom is 0.189 e. The molecule has 1 atom stereocenters. The molecule has 3 rings (SSSR count). The van der Waals surface area contributed by atoms with Gasteiger partial charge in [0.05, 0.1) is 23.9 Å². The van der Waals surface area contributed by atoms with E-state index in [0.29, 0.717) is 13.2 Å². The van der Waals surface area contributed by atoms with Crippen LogP contribution >= 0.6 is 0 Å². The molecule has 0 aliphatic heterocycles. The van der Waals surface area contributed by atoms with Crippen LogP contribution in [0.25, 0.3) is 10.9 Å². The highest BCUT2D eigenvalue weighted by Gasteiger charge is 2.15.